The molecule has 184 valence electrons. The zero-order valence-corrected chi connectivity index (χ0v) is 20.8. The van der Waals surface area contributed by atoms with Crippen LogP contribution in [0.15, 0.2) is 72.9 Å². The topological polar surface area (TPSA) is 105 Å². The van der Waals surface area contributed by atoms with Crippen LogP contribution in [0, 0.1) is 0 Å². The van der Waals surface area contributed by atoms with Crippen molar-refractivity contribution < 1.29 is 9.59 Å². The van der Waals surface area contributed by atoms with Crippen LogP contribution in [-0.2, 0) is 13.5 Å². The van der Waals surface area contributed by atoms with Crippen LogP contribution in [0.2, 0.25) is 0 Å². The highest BCUT2D eigenvalue weighted by Crippen LogP contribution is 2.26. The van der Waals surface area contributed by atoms with Gasteiger partial charge in [-0.05, 0) is 53.4 Å². The van der Waals surface area contributed by atoms with Crippen LogP contribution in [0.25, 0.3) is 22.0 Å². The van der Waals surface area contributed by atoms with Gasteiger partial charge in [0.05, 0.1) is 11.7 Å². The van der Waals surface area contributed by atoms with Crippen LogP contribution in [-0.4, -0.2) is 50.7 Å². The van der Waals surface area contributed by atoms with Gasteiger partial charge in [0.25, 0.3) is 5.91 Å². The van der Waals surface area contributed by atoms with Gasteiger partial charge in [-0.2, -0.15) is 16.9 Å². The Morgan fingerprint density at radius 3 is 2.56 bits per heavy atom. The Bertz CT molecular complexity index is 1380. The molecule has 1 saturated heterocycles. The Labute approximate surface area is 213 Å². The minimum absolute atomic E-state index is 0.0840. The van der Waals surface area contributed by atoms with Crippen molar-refractivity contribution in [1.82, 2.24) is 20.1 Å². The van der Waals surface area contributed by atoms with Crippen LogP contribution in [0.5, 0.6) is 0 Å². The Kier molecular flexibility index (Phi) is 6.92. The number of nitrogens with two attached hydrogens (primary N) is 1. The van der Waals surface area contributed by atoms with Gasteiger partial charge in [0.1, 0.15) is 0 Å². The van der Waals surface area contributed by atoms with Gasteiger partial charge in [0, 0.05) is 47.8 Å². The quantitative estimate of drug-likeness (QED) is 0.218. The average molecular weight is 501 g/mol. The number of hydrogen-bond acceptors (Lipinski definition) is 5. The van der Waals surface area contributed by atoms with Crippen LogP contribution < -0.4 is 16.6 Å². The maximum atomic E-state index is 13.0. The number of nitrogen functional groups attached to an aromatic ring is 1. The summed E-state index contributed by atoms with van der Waals surface area (Å²) < 4.78 is 1.87. The molecule has 2 heterocycles. The molecule has 1 aromatic heterocycles. The lowest BCUT2D eigenvalue weighted by Gasteiger charge is -2.32. The van der Waals surface area contributed by atoms with Crippen molar-refractivity contribution in [2.45, 2.75) is 11.7 Å². The molecule has 9 heteroatoms. The summed E-state index contributed by atoms with van der Waals surface area (Å²) in [6.45, 7) is 1.38. The molecule has 0 radical (unpaired) electrons. The minimum atomic E-state index is -0.307. The number of aryl methyl sites for hydroxylation is 1. The van der Waals surface area contributed by atoms with Gasteiger partial charge < -0.3 is 10.2 Å². The molecule has 0 bridgehead atoms. The number of urea groups is 1. The number of amides is 3. The first kappa shape index (κ1) is 23.9. The third-order valence-electron chi connectivity index (χ3n) is 6.46. The molecule has 8 nitrogen and oxygen atoms in total. The normalized spacial score (nSPS) is 15.6. The lowest BCUT2D eigenvalue weighted by molar-refractivity contribution is 0.0953. The predicted molar refractivity (Wildman–Crippen MR) is 145 cm³/mol. The second-order valence-corrected chi connectivity index (χ2v) is 10.3. The highest BCUT2D eigenvalue weighted by atomic mass is 32.2. The first-order valence-electron chi connectivity index (χ1n) is 11.8. The van der Waals surface area contributed by atoms with E-state index < -0.39 is 0 Å². The summed E-state index contributed by atoms with van der Waals surface area (Å²) in [5, 5.41) is 8.76. The summed E-state index contributed by atoms with van der Waals surface area (Å²) in [6, 6.07) is 21.6. The van der Waals surface area contributed by atoms with E-state index in [-0.39, 0.29) is 11.9 Å². The van der Waals surface area contributed by atoms with Crippen molar-refractivity contribution in [1.29, 1.82) is 0 Å². The van der Waals surface area contributed by atoms with Crippen molar-refractivity contribution >= 4 is 40.3 Å². The molecule has 3 amide bonds. The zero-order valence-electron chi connectivity index (χ0n) is 20.0. The van der Waals surface area contributed by atoms with Gasteiger partial charge >= 0.3 is 6.03 Å². The van der Waals surface area contributed by atoms with E-state index in [0.717, 1.165) is 45.5 Å². The molecule has 5 rings (SSSR count). The zero-order chi connectivity index (χ0) is 25.1. The number of thioether (sulfide) groups is 1. The number of benzene rings is 3. The molecule has 36 heavy (non-hydrogen) atoms. The lowest BCUT2D eigenvalue weighted by Crippen LogP contribution is -2.44. The maximum Gasteiger partial charge on any atom is 0.321 e. The van der Waals surface area contributed by atoms with Crippen LogP contribution in [0.1, 0.15) is 15.9 Å². The van der Waals surface area contributed by atoms with E-state index in [9.17, 15) is 9.59 Å². The van der Waals surface area contributed by atoms with E-state index in [1.54, 1.807) is 12.1 Å². The van der Waals surface area contributed by atoms with E-state index in [2.05, 4.69) is 34.0 Å². The van der Waals surface area contributed by atoms with Gasteiger partial charge in [-0.15, -0.1) is 0 Å². The fourth-order valence-electron chi connectivity index (χ4n) is 4.44. The van der Waals surface area contributed by atoms with Crippen LogP contribution in [0.3, 0.4) is 0 Å². The number of fused-ring (bicyclic) bond motifs is 1. The molecule has 1 aliphatic rings. The third kappa shape index (κ3) is 5.22. The van der Waals surface area contributed by atoms with Gasteiger partial charge in [-0.3, -0.25) is 14.9 Å². The van der Waals surface area contributed by atoms with Gasteiger partial charge in [-0.25, -0.2) is 10.6 Å². The molecule has 4 N–H and O–H groups in total. The van der Waals surface area contributed by atoms with Crippen molar-refractivity contribution in [2.75, 3.05) is 24.2 Å². The monoisotopic (exact) mass is 500 g/mol. The molecule has 0 spiro atoms. The molecular formula is C27H28N6O2S. The van der Waals surface area contributed by atoms with Crippen molar-refractivity contribution in [3.8, 4) is 11.1 Å². The molecule has 0 aliphatic carbocycles. The number of nitrogens with zero attached hydrogens (tertiary/aromatic N) is 3. The molecule has 1 unspecified atom stereocenters. The van der Waals surface area contributed by atoms with E-state index in [0.29, 0.717) is 23.9 Å². The molecular weight excluding hydrogens is 472 g/mol. The summed E-state index contributed by atoms with van der Waals surface area (Å²) in [7, 11) is 1.94. The first-order valence-corrected chi connectivity index (χ1v) is 12.8. The number of carbonyl (C=O) groups excluding carboxylic acids is 2. The third-order valence-corrected chi connectivity index (χ3v) is 7.66. The molecule has 4 aromatic rings. The summed E-state index contributed by atoms with van der Waals surface area (Å²) in [6.07, 6.45) is 2.69. The summed E-state index contributed by atoms with van der Waals surface area (Å²) in [5.41, 5.74) is 7.85. The number of hydrazine groups is 1. The van der Waals surface area contributed by atoms with Gasteiger partial charge in [0.15, 0.2) is 0 Å². The molecule has 0 saturated carbocycles. The number of aromatic nitrogens is 2. The van der Waals surface area contributed by atoms with Crippen molar-refractivity contribution in [3.63, 3.8) is 0 Å². The number of anilines is 1. The van der Waals surface area contributed by atoms with Crippen LogP contribution in [0.4, 0.5) is 10.5 Å². The number of nitrogens with one attached hydrogen (secondary N) is 2. The van der Waals surface area contributed by atoms with E-state index in [4.69, 9.17) is 5.84 Å². The molecule has 1 atom stereocenters. The lowest BCUT2D eigenvalue weighted by atomic mass is 10.0. The van der Waals surface area contributed by atoms with E-state index in [1.807, 2.05) is 71.0 Å². The first-order chi connectivity index (χ1) is 17.5. The van der Waals surface area contributed by atoms with Crippen molar-refractivity contribution in [3.05, 3.63) is 84.1 Å². The highest BCUT2D eigenvalue weighted by molar-refractivity contribution is 8.00. The average Bonchev–Trinajstić information content (AvgIpc) is 3.29. The predicted octanol–water partition coefficient (Wildman–Crippen LogP) is 4.04. The number of carbonyl (C=O) groups is 2. The standard InChI is InChI=1S/C27H28N6O2S/c1-32-25-15-21(6-7-22(25)16-29-32)19-8-10-23(11-9-19)30-27(35)33-12-13-36-24(17-33)14-18-2-4-20(5-3-18)26(34)31-28/h2-11,15-16,24H,12-14,17,28H2,1H3,(H,30,35)(H,31,34). The van der Waals surface area contributed by atoms with Gasteiger partial charge in [-0.1, -0.05) is 36.4 Å². The number of rotatable bonds is 5. The van der Waals surface area contributed by atoms with Gasteiger partial charge in [0.2, 0.25) is 0 Å². The SMILES string of the molecule is Cn1ncc2ccc(-c3ccc(NC(=O)N4CCSC(Cc5ccc(C(=O)NN)cc5)C4)cc3)cc21. The summed E-state index contributed by atoms with van der Waals surface area (Å²) in [4.78, 5) is 26.5. The fourth-order valence-corrected chi connectivity index (χ4v) is 5.69. The largest absolute Gasteiger partial charge is 0.323 e. The molecule has 1 fully saturated rings. The smallest absolute Gasteiger partial charge is 0.321 e. The van der Waals surface area contributed by atoms with Crippen molar-refractivity contribution in [2.24, 2.45) is 12.9 Å². The molecule has 1 aliphatic heterocycles. The highest BCUT2D eigenvalue weighted by Gasteiger charge is 2.24. The van der Waals surface area contributed by atoms with E-state index >= 15 is 0 Å². The Morgan fingerprint density at radius 2 is 1.81 bits per heavy atom. The fraction of sp³-hybridized carbons (Fsp3) is 0.222. The Morgan fingerprint density at radius 1 is 1.06 bits per heavy atom. The summed E-state index contributed by atoms with van der Waals surface area (Å²) in [5.74, 6) is 5.78. The minimum Gasteiger partial charge on any atom is -0.323 e. The second kappa shape index (κ2) is 10.4. The Balaban J connectivity index is 1.19. The van der Waals surface area contributed by atoms with Crippen LogP contribution >= 0.6 is 11.8 Å². The number of hydrogen-bond donors (Lipinski definition) is 3. The Hall–Kier alpha value is -3.82. The maximum absolute atomic E-state index is 13.0. The van der Waals surface area contributed by atoms with E-state index in [1.165, 1.54) is 0 Å². The summed E-state index contributed by atoms with van der Waals surface area (Å²) >= 11 is 1.88. The second-order valence-electron chi connectivity index (χ2n) is 8.86. The molecule has 3 aromatic carbocycles.